The summed E-state index contributed by atoms with van der Waals surface area (Å²) in [4.78, 5) is 9.35. The maximum atomic E-state index is 14.5. The molecule has 0 spiro atoms. The molecule has 0 bridgehead atoms. The molecule has 0 saturated heterocycles. The maximum Gasteiger partial charge on any atom is 0.283 e. The molecule has 3 aromatic rings. The van der Waals surface area contributed by atoms with Gasteiger partial charge in [-0.05, 0) is 44.0 Å². The van der Waals surface area contributed by atoms with Crippen molar-refractivity contribution < 1.29 is 23.0 Å². The highest BCUT2D eigenvalue weighted by Crippen LogP contribution is 2.44. The van der Waals surface area contributed by atoms with E-state index in [1.807, 2.05) is 31.2 Å². The molecule has 6 nitrogen and oxygen atoms in total. The quantitative estimate of drug-likeness (QED) is 0.331. The van der Waals surface area contributed by atoms with Gasteiger partial charge in [0.25, 0.3) is 5.92 Å². The Morgan fingerprint density at radius 2 is 2.09 bits per heavy atom. The standard InChI is InChI=1S/C25H30ClF3N4O2/c1-16-13-19-17-5-2-3-6-20(17)32-22(19)23(33(16)14-25(28,29)15-34)18-7-10-31-24(21(18)26)35-12-11-30-9-4-8-27/h2-3,5-7,10,16,23,30,32,34H,4,8-9,11-15H2,1H3/t16-,23?/m1/s1. The highest BCUT2D eigenvalue weighted by atomic mass is 35.5. The molecule has 35 heavy (non-hydrogen) atoms. The molecular formula is C25H30ClF3N4O2. The minimum Gasteiger partial charge on any atom is -0.475 e. The smallest absolute Gasteiger partial charge is 0.283 e. The van der Waals surface area contributed by atoms with Gasteiger partial charge in [0, 0.05) is 40.9 Å². The van der Waals surface area contributed by atoms with Crippen molar-refractivity contribution in [1.82, 2.24) is 20.2 Å². The Morgan fingerprint density at radius 3 is 2.86 bits per heavy atom. The zero-order valence-corrected chi connectivity index (χ0v) is 20.3. The number of hydrogen-bond donors (Lipinski definition) is 3. The first-order valence-electron chi connectivity index (χ1n) is 11.7. The first-order chi connectivity index (χ1) is 16.9. The molecule has 2 atom stereocenters. The Morgan fingerprint density at radius 1 is 1.29 bits per heavy atom. The summed E-state index contributed by atoms with van der Waals surface area (Å²) in [5.41, 5.74) is 3.38. The Balaban J connectivity index is 1.70. The van der Waals surface area contributed by atoms with Crippen LogP contribution in [0.1, 0.15) is 36.2 Å². The van der Waals surface area contributed by atoms with Crippen LogP contribution >= 0.6 is 11.6 Å². The highest BCUT2D eigenvalue weighted by Gasteiger charge is 2.42. The van der Waals surface area contributed by atoms with Crippen molar-refractivity contribution in [3.8, 4) is 5.88 Å². The fraction of sp³-hybridized carbons (Fsp3) is 0.480. The second-order valence-electron chi connectivity index (χ2n) is 8.87. The molecule has 1 aliphatic heterocycles. The molecule has 0 fully saturated rings. The summed E-state index contributed by atoms with van der Waals surface area (Å²) in [7, 11) is 0. The number of alkyl halides is 3. The van der Waals surface area contributed by atoms with Crippen LogP contribution in [-0.2, 0) is 6.42 Å². The number of rotatable bonds is 11. The van der Waals surface area contributed by atoms with Crippen LogP contribution in [0.25, 0.3) is 10.9 Å². The third kappa shape index (κ3) is 5.58. The summed E-state index contributed by atoms with van der Waals surface area (Å²) in [6.45, 7) is 0.953. The number of nitrogens with zero attached hydrogens (tertiary/aromatic N) is 2. The van der Waals surface area contributed by atoms with E-state index in [1.54, 1.807) is 17.2 Å². The summed E-state index contributed by atoms with van der Waals surface area (Å²) >= 11 is 6.75. The first kappa shape index (κ1) is 25.8. The van der Waals surface area contributed by atoms with Crippen LogP contribution in [0.15, 0.2) is 36.5 Å². The van der Waals surface area contributed by atoms with Crippen molar-refractivity contribution in [3.05, 3.63) is 58.4 Å². The molecule has 190 valence electrons. The number of halogens is 4. The van der Waals surface area contributed by atoms with E-state index < -0.39 is 25.1 Å². The van der Waals surface area contributed by atoms with Gasteiger partial charge in [0.05, 0.1) is 19.3 Å². The van der Waals surface area contributed by atoms with Gasteiger partial charge in [-0.3, -0.25) is 9.29 Å². The van der Waals surface area contributed by atoms with Gasteiger partial charge < -0.3 is 20.1 Å². The fourth-order valence-corrected chi connectivity index (χ4v) is 4.96. The van der Waals surface area contributed by atoms with E-state index in [2.05, 4.69) is 15.3 Å². The molecule has 0 amide bonds. The minimum atomic E-state index is -3.28. The molecular weight excluding hydrogens is 481 g/mol. The number of ether oxygens (including phenoxy) is 1. The van der Waals surface area contributed by atoms with E-state index in [0.29, 0.717) is 31.5 Å². The molecule has 0 aliphatic carbocycles. The largest absolute Gasteiger partial charge is 0.475 e. The lowest BCUT2D eigenvalue weighted by molar-refractivity contribution is -0.0864. The van der Waals surface area contributed by atoms with E-state index in [1.165, 1.54) is 0 Å². The first-order valence-corrected chi connectivity index (χ1v) is 12.1. The number of H-pyrrole nitrogens is 1. The summed E-state index contributed by atoms with van der Waals surface area (Å²) in [5, 5.41) is 13.7. The van der Waals surface area contributed by atoms with Gasteiger partial charge in [-0.1, -0.05) is 29.8 Å². The van der Waals surface area contributed by atoms with E-state index >= 15 is 0 Å². The predicted octanol–water partition coefficient (Wildman–Crippen LogP) is 4.51. The van der Waals surface area contributed by atoms with E-state index in [-0.39, 0.29) is 30.2 Å². The molecule has 4 rings (SSSR count). The Labute approximate surface area is 207 Å². The number of para-hydroxylation sites is 1. The van der Waals surface area contributed by atoms with Gasteiger partial charge in [0.15, 0.2) is 0 Å². The number of hydrogen-bond acceptors (Lipinski definition) is 5. The number of aromatic nitrogens is 2. The van der Waals surface area contributed by atoms with Crippen molar-refractivity contribution in [2.75, 3.05) is 39.5 Å². The average molecular weight is 511 g/mol. The van der Waals surface area contributed by atoms with Gasteiger partial charge in [-0.25, -0.2) is 13.8 Å². The number of aliphatic hydroxyl groups is 1. The second kappa shape index (κ2) is 11.2. The number of pyridine rings is 1. The summed E-state index contributed by atoms with van der Waals surface area (Å²) in [5.74, 6) is -3.07. The van der Waals surface area contributed by atoms with Crippen LogP contribution in [0.4, 0.5) is 13.2 Å². The van der Waals surface area contributed by atoms with Gasteiger partial charge in [-0.2, -0.15) is 0 Å². The molecule has 10 heteroatoms. The lowest BCUT2D eigenvalue weighted by Gasteiger charge is -2.42. The van der Waals surface area contributed by atoms with Crippen molar-refractivity contribution in [3.63, 3.8) is 0 Å². The van der Waals surface area contributed by atoms with Crippen LogP contribution in [-0.4, -0.2) is 71.5 Å². The Hall–Kier alpha value is -2.33. The van der Waals surface area contributed by atoms with Gasteiger partial charge >= 0.3 is 0 Å². The highest BCUT2D eigenvalue weighted by molar-refractivity contribution is 6.32. The fourth-order valence-electron chi connectivity index (χ4n) is 4.69. The zero-order valence-electron chi connectivity index (χ0n) is 19.5. The summed E-state index contributed by atoms with van der Waals surface area (Å²) in [6, 6.07) is 8.72. The van der Waals surface area contributed by atoms with Gasteiger partial charge in [-0.15, -0.1) is 0 Å². The van der Waals surface area contributed by atoms with Crippen LogP contribution in [0.3, 0.4) is 0 Å². The van der Waals surface area contributed by atoms with E-state index in [4.69, 9.17) is 16.3 Å². The third-order valence-electron chi connectivity index (χ3n) is 6.35. The third-order valence-corrected chi connectivity index (χ3v) is 6.73. The van der Waals surface area contributed by atoms with Crippen LogP contribution in [0.2, 0.25) is 5.02 Å². The number of nitrogens with one attached hydrogen (secondary N) is 2. The Kier molecular flexibility index (Phi) is 8.21. The molecule has 1 unspecified atom stereocenters. The predicted molar refractivity (Wildman–Crippen MR) is 130 cm³/mol. The van der Waals surface area contributed by atoms with Crippen molar-refractivity contribution in [1.29, 1.82) is 0 Å². The monoisotopic (exact) mass is 510 g/mol. The van der Waals surface area contributed by atoms with Crippen LogP contribution in [0.5, 0.6) is 5.88 Å². The topological polar surface area (TPSA) is 73.4 Å². The second-order valence-corrected chi connectivity index (χ2v) is 9.24. The molecule has 2 aromatic heterocycles. The normalized spacial score (nSPS) is 18.7. The molecule has 3 heterocycles. The lowest BCUT2D eigenvalue weighted by atomic mass is 9.88. The number of aromatic amines is 1. The lowest BCUT2D eigenvalue weighted by Crippen LogP contribution is -2.49. The van der Waals surface area contributed by atoms with Crippen molar-refractivity contribution >= 4 is 22.5 Å². The van der Waals surface area contributed by atoms with Crippen LogP contribution in [0, 0.1) is 0 Å². The minimum absolute atomic E-state index is 0.209. The number of benzene rings is 1. The average Bonchev–Trinajstić information content (AvgIpc) is 3.21. The molecule has 0 radical (unpaired) electrons. The number of aliphatic hydroxyl groups excluding tert-OH is 1. The molecule has 0 saturated carbocycles. The van der Waals surface area contributed by atoms with E-state index in [0.717, 1.165) is 22.2 Å². The molecule has 1 aliphatic rings. The van der Waals surface area contributed by atoms with E-state index in [9.17, 15) is 18.3 Å². The molecule has 3 N–H and O–H groups in total. The zero-order chi connectivity index (χ0) is 25.0. The molecule has 1 aromatic carbocycles. The Bertz CT molecular complexity index is 1140. The number of fused-ring (bicyclic) bond motifs is 3. The summed E-state index contributed by atoms with van der Waals surface area (Å²) < 4.78 is 46.9. The SMILES string of the molecule is C[C@@H]1Cc2c([nH]c3ccccc23)C(c2ccnc(OCCNCCCF)c2Cl)N1CC(F)(F)CO. The van der Waals surface area contributed by atoms with Gasteiger partial charge in [0.2, 0.25) is 5.88 Å². The summed E-state index contributed by atoms with van der Waals surface area (Å²) in [6.07, 6.45) is 2.56. The van der Waals surface area contributed by atoms with Crippen molar-refractivity contribution in [2.45, 2.75) is 37.8 Å². The van der Waals surface area contributed by atoms with Crippen LogP contribution < -0.4 is 10.1 Å². The van der Waals surface area contributed by atoms with Crippen molar-refractivity contribution in [2.24, 2.45) is 0 Å². The maximum absolute atomic E-state index is 14.5. The van der Waals surface area contributed by atoms with Gasteiger partial charge in [0.1, 0.15) is 18.2 Å².